The molecule has 0 saturated carbocycles. The van der Waals surface area contributed by atoms with Crippen molar-refractivity contribution in [3.8, 4) is 5.75 Å². The molecule has 4 nitrogen and oxygen atoms in total. The molecule has 0 bridgehead atoms. The Morgan fingerprint density at radius 2 is 2.08 bits per heavy atom. The van der Waals surface area contributed by atoms with Crippen LogP contribution in [0.1, 0.15) is 10.4 Å². The lowest BCUT2D eigenvalue weighted by molar-refractivity contribution is 0.0970. The third kappa shape index (κ3) is 1.55. The fourth-order valence-electron chi connectivity index (χ4n) is 1.06. The van der Waals surface area contributed by atoms with Gasteiger partial charge in [0.25, 0.3) is 5.91 Å². The minimum absolute atomic E-state index is 0.254. The zero-order valence-corrected chi connectivity index (χ0v) is 8.01. The van der Waals surface area contributed by atoms with Gasteiger partial charge in [0, 0.05) is 11.2 Å². The van der Waals surface area contributed by atoms with Gasteiger partial charge in [-0.1, -0.05) is 12.1 Å². The van der Waals surface area contributed by atoms with E-state index in [4.69, 9.17) is 15.8 Å². The number of halogens is 1. The van der Waals surface area contributed by atoms with Crippen LogP contribution in [0.5, 0.6) is 5.75 Å². The summed E-state index contributed by atoms with van der Waals surface area (Å²) in [5, 5.41) is 2.07. The average molecular weight is 218 g/mol. The lowest BCUT2D eigenvalue weighted by Crippen LogP contribution is -2.25. The predicted molar refractivity (Wildman–Crippen MR) is 48.0 cm³/mol. The highest BCUT2D eigenvalue weighted by atomic mass is 35.7. The van der Waals surface area contributed by atoms with Crippen molar-refractivity contribution in [1.29, 1.82) is 0 Å². The van der Waals surface area contributed by atoms with E-state index in [-0.39, 0.29) is 5.75 Å². The third-order valence-corrected chi connectivity index (χ3v) is 2.94. The maximum Gasteiger partial charge on any atom is 0.438 e. The fourth-order valence-corrected chi connectivity index (χ4v) is 2.34. The second kappa shape index (κ2) is 2.76. The molecule has 0 aliphatic carbocycles. The predicted octanol–water partition coefficient (Wildman–Crippen LogP) is 2.16. The van der Waals surface area contributed by atoms with E-state index < -0.39 is 12.8 Å². The van der Waals surface area contributed by atoms with Gasteiger partial charge in [-0.2, -0.15) is 0 Å². The summed E-state index contributed by atoms with van der Waals surface area (Å²) < 4.78 is 16.1. The van der Waals surface area contributed by atoms with Crippen molar-refractivity contribution in [3.63, 3.8) is 0 Å². The van der Waals surface area contributed by atoms with Crippen LogP contribution in [0.2, 0.25) is 0 Å². The number of nitrogens with one attached hydrogen (secondary N) is 1. The van der Waals surface area contributed by atoms with Crippen LogP contribution in [-0.2, 0) is 4.57 Å². The van der Waals surface area contributed by atoms with Crippen molar-refractivity contribution in [2.45, 2.75) is 0 Å². The smallest absolute Gasteiger partial charge is 0.417 e. The number of carbonyl (C=O) groups is 1. The molecular weight excluding hydrogens is 213 g/mol. The zero-order chi connectivity index (χ0) is 9.47. The maximum absolute atomic E-state index is 11.3. The van der Waals surface area contributed by atoms with Crippen molar-refractivity contribution < 1.29 is 13.9 Å². The Hall–Kier alpha value is -0.990. The van der Waals surface area contributed by atoms with Gasteiger partial charge < -0.3 is 4.52 Å². The first-order valence-electron chi connectivity index (χ1n) is 3.49. The molecule has 13 heavy (non-hydrogen) atoms. The summed E-state index contributed by atoms with van der Waals surface area (Å²) in [5.41, 5.74) is 0.342. The first-order chi connectivity index (χ1) is 6.08. The van der Waals surface area contributed by atoms with Crippen molar-refractivity contribution in [2.75, 3.05) is 0 Å². The van der Waals surface area contributed by atoms with Gasteiger partial charge in [-0.15, -0.1) is 0 Å². The molecule has 6 heteroatoms. The van der Waals surface area contributed by atoms with Crippen LogP contribution in [0.4, 0.5) is 0 Å². The first kappa shape index (κ1) is 8.60. The molecule has 1 unspecified atom stereocenters. The number of para-hydroxylation sites is 1. The molecule has 0 spiro atoms. The van der Waals surface area contributed by atoms with Gasteiger partial charge >= 0.3 is 6.87 Å². The van der Waals surface area contributed by atoms with Crippen molar-refractivity contribution in [3.05, 3.63) is 29.8 Å². The van der Waals surface area contributed by atoms with Crippen molar-refractivity contribution in [1.82, 2.24) is 5.09 Å². The molecule has 0 saturated heterocycles. The molecule has 1 aliphatic heterocycles. The van der Waals surface area contributed by atoms with Crippen molar-refractivity contribution in [2.24, 2.45) is 0 Å². The SMILES string of the molecule is O=C1NP(=O)(Cl)Oc2ccccc21. The van der Waals surface area contributed by atoms with E-state index in [2.05, 4.69) is 5.09 Å². The summed E-state index contributed by atoms with van der Waals surface area (Å²) in [6.45, 7) is -3.50. The largest absolute Gasteiger partial charge is 0.438 e. The van der Waals surface area contributed by atoms with E-state index in [1.807, 2.05) is 0 Å². The minimum Gasteiger partial charge on any atom is -0.417 e. The molecule has 0 fully saturated rings. The average Bonchev–Trinajstić information content (AvgIpc) is 2.02. The molecule has 1 amide bonds. The lowest BCUT2D eigenvalue weighted by atomic mass is 10.2. The number of hydrogen-bond donors (Lipinski definition) is 1. The number of carbonyl (C=O) groups excluding carboxylic acids is 1. The van der Waals surface area contributed by atoms with Gasteiger partial charge in [-0.3, -0.25) is 9.88 Å². The molecule has 2 rings (SSSR count). The van der Waals surface area contributed by atoms with Gasteiger partial charge in [-0.25, -0.2) is 4.57 Å². The standard InChI is InChI=1S/C7H5ClNO3P/c8-13(11)9-7(10)5-3-1-2-4-6(5)12-13/h1-4H,(H,9,10,11). The number of benzene rings is 1. The highest BCUT2D eigenvalue weighted by molar-refractivity contribution is 7.84. The van der Waals surface area contributed by atoms with Crippen LogP contribution in [-0.4, -0.2) is 5.91 Å². The Morgan fingerprint density at radius 1 is 1.38 bits per heavy atom. The highest BCUT2D eigenvalue weighted by Gasteiger charge is 2.32. The molecule has 1 aliphatic rings. The number of hydrogen-bond acceptors (Lipinski definition) is 3. The summed E-state index contributed by atoms with van der Waals surface area (Å²) >= 11 is 5.40. The lowest BCUT2D eigenvalue weighted by Gasteiger charge is -2.20. The van der Waals surface area contributed by atoms with Gasteiger partial charge in [0.05, 0.1) is 5.56 Å². The maximum atomic E-state index is 11.3. The second-order valence-electron chi connectivity index (χ2n) is 2.51. The van der Waals surface area contributed by atoms with E-state index in [9.17, 15) is 9.36 Å². The van der Waals surface area contributed by atoms with E-state index in [0.29, 0.717) is 5.56 Å². The Morgan fingerprint density at radius 3 is 2.85 bits per heavy atom. The zero-order valence-electron chi connectivity index (χ0n) is 6.36. The molecule has 1 aromatic rings. The van der Waals surface area contributed by atoms with Gasteiger partial charge in [0.2, 0.25) is 0 Å². The molecule has 68 valence electrons. The van der Waals surface area contributed by atoms with E-state index in [1.54, 1.807) is 24.3 Å². The third-order valence-electron chi connectivity index (χ3n) is 1.58. The molecule has 1 aromatic carbocycles. The fraction of sp³-hybridized carbons (Fsp3) is 0. The number of rotatable bonds is 0. The van der Waals surface area contributed by atoms with Gasteiger partial charge in [0.15, 0.2) is 0 Å². The summed E-state index contributed by atoms with van der Waals surface area (Å²) in [4.78, 5) is 11.3. The van der Waals surface area contributed by atoms with Gasteiger partial charge in [-0.05, 0) is 12.1 Å². The van der Waals surface area contributed by atoms with Gasteiger partial charge in [0.1, 0.15) is 5.75 Å². The van der Waals surface area contributed by atoms with Crippen LogP contribution in [0.3, 0.4) is 0 Å². The molecule has 0 radical (unpaired) electrons. The van der Waals surface area contributed by atoms with E-state index in [0.717, 1.165) is 0 Å². The highest BCUT2D eigenvalue weighted by Crippen LogP contribution is 2.51. The Kier molecular flexibility index (Phi) is 1.82. The summed E-state index contributed by atoms with van der Waals surface area (Å²) in [7, 11) is 0. The molecule has 1 atom stereocenters. The minimum atomic E-state index is -3.50. The number of amides is 1. The van der Waals surface area contributed by atoms with Crippen LogP contribution < -0.4 is 9.61 Å². The van der Waals surface area contributed by atoms with Crippen molar-refractivity contribution >= 4 is 24.0 Å². The Balaban J connectivity index is 2.55. The second-order valence-corrected chi connectivity index (χ2v) is 5.21. The molecular formula is C7H5ClNO3P. The normalized spacial score (nSPS) is 25.8. The Labute approximate surface area is 79.1 Å². The monoisotopic (exact) mass is 217 g/mol. The Bertz CT molecular complexity index is 420. The van der Waals surface area contributed by atoms with E-state index in [1.165, 1.54) is 0 Å². The first-order valence-corrected chi connectivity index (χ1v) is 6.02. The molecule has 1 N–H and O–H groups in total. The quantitative estimate of drug-likeness (QED) is 0.678. The van der Waals surface area contributed by atoms with Crippen LogP contribution in [0.25, 0.3) is 0 Å². The molecule has 0 aromatic heterocycles. The summed E-state index contributed by atoms with van der Waals surface area (Å²) in [5.74, 6) is -0.218. The van der Waals surface area contributed by atoms with Crippen LogP contribution in [0.15, 0.2) is 24.3 Å². The topological polar surface area (TPSA) is 55.4 Å². The van der Waals surface area contributed by atoms with Crippen LogP contribution in [0, 0.1) is 0 Å². The summed E-state index contributed by atoms with van der Waals surface area (Å²) in [6.07, 6.45) is 0. The number of fused-ring (bicyclic) bond motifs is 1. The van der Waals surface area contributed by atoms with E-state index >= 15 is 0 Å². The van der Waals surface area contributed by atoms with Crippen LogP contribution >= 0.6 is 18.1 Å². The summed E-state index contributed by atoms with van der Waals surface area (Å²) in [6, 6.07) is 6.48. The molecule has 1 heterocycles.